The number of benzene rings is 2. The molecule has 1 fully saturated rings. The van der Waals surface area contributed by atoms with Gasteiger partial charge in [-0.25, -0.2) is 14.1 Å². The number of anilines is 1. The third kappa shape index (κ3) is 3.12. The van der Waals surface area contributed by atoms with E-state index in [-0.39, 0.29) is 17.8 Å². The summed E-state index contributed by atoms with van der Waals surface area (Å²) in [5, 5.41) is 0. The molecule has 1 heterocycles. The number of hydrogen-bond donors (Lipinski definition) is 0. The van der Waals surface area contributed by atoms with Crippen LogP contribution >= 0.6 is 15.9 Å². The quantitative estimate of drug-likeness (QED) is 0.577. The van der Waals surface area contributed by atoms with E-state index in [2.05, 4.69) is 15.9 Å². The van der Waals surface area contributed by atoms with E-state index in [1.54, 1.807) is 18.2 Å². The number of amides is 4. The number of halogens is 2. The van der Waals surface area contributed by atoms with Gasteiger partial charge < -0.3 is 4.74 Å². The molecule has 3 rings (SSSR count). The van der Waals surface area contributed by atoms with Crippen LogP contribution in [0.4, 0.5) is 14.9 Å². The van der Waals surface area contributed by atoms with Crippen LogP contribution < -0.4 is 9.64 Å². The molecule has 8 heteroatoms. The molecule has 1 aliphatic heterocycles. The molecule has 0 spiro atoms. The van der Waals surface area contributed by atoms with Crippen molar-refractivity contribution in [2.45, 2.75) is 6.54 Å². The first-order valence-corrected chi connectivity index (χ1v) is 7.99. The lowest BCUT2D eigenvalue weighted by molar-refractivity contribution is -0.139. The molecule has 25 heavy (non-hydrogen) atoms. The Hall–Kier alpha value is -2.74. The number of methoxy groups -OCH3 is 1. The van der Waals surface area contributed by atoms with E-state index >= 15 is 0 Å². The Kier molecular flexibility index (Phi) is 4.54. The minimum atomic E-state index is -0.997. The molecule has 0 saturated carbocycles. The van der Waals surface area contributed by atoms with Crippen LogP contribution in [0.25, 0.3) is 0 Å². The Morgan fingerprint density at radius 2 is 1.72 bits per heavy atom. The van der Waals surface area contributed by atoms with Crippen molar-refractivity contribution < 1.29 is 23.5 Å². The molecule has 0 bridgehead atoms. The van der Waals surface area contributed by atoms with Gasteiger partial charge in [0.25, 0.3) is 0 Å². The standard InChI is InChI=1S/C17H12BrFN2O4/c1-25-13-6-4-12(5-7-13)21-16(23)15(22)20(17(21)24)9-10-2-3-11(18)8-14(10)19/h2-8H,9H2,1H3. The molecule has 0 unspecified atom stereocenters. The summed E-state index contributed by atoms with van der Waals surface area (Å²) in [4.78, 5) is 38.3. The fourth-order valence-electron chi connectivity index (χ4n) is 2.42. The van der Waals surface area contributed by atoms with Gasteiger partial charge in [-0.15, -0.1) is 0 Å². The van der Waals surface area contributed by atoms with Gasteiger partial charge in [0.2, 0.25) is 0 Å². The maximum atomic E-state index is 14.0. The fraction of sp³-hybridized carbons (Fsp3) is 0.118. The lowest BCUT2D eigenvalue weighted by atomic mass is 10.2. The maximum absolute atomic E-state index is 14.0. The summed E-state index contributed by atoms with van der Waals surface area (Å²) in [6.45, 7) is -0.324. The Morgan fingerprint density at radius 3 is 2.32 bits per heavy atom. The highest BCUT2D eigenvalue weighted by molar-refractivity contribution is 9.10. The van der Waals surface area contributed by atoms with Crippen LogP contribution in [0.15, 0.2) is 46.9 Å². The summed E-state index contributed by atoms with van der Waals surface area (Å²) in [6, 6.07) is 9.56. The zero-order valence-electron chi connectivity index (χ0n) is 13.0. The minimum Gasteiger partial charge on any atom is -0.497 e. The second kappa shape index (κ2) is 6.64. The Labute approximate surface area is 150 Å². The third-order valence-corrected chi connectivity index (χ3v) is 4.22. The van der Waals surface area contributed by atoms with Crippen molar-refractivity contribution in [3.05, 3.63) is 58.3 Å². The highest BCUT2D eigenvalue weighted by atomic mass is 79.9. The topological polar surface area (TPSA) is 66.9 Å². The second-order valence-corrected chi connectivity index (χ2v) is 6.16. The smallest absolute Gasteiger partial charge is 0.339 e. The monoisotopic (exact) mass is 406 g/mol. The van der Waals surface area contributed by atoms with Gasteiger partial charge in [0.1, 0.15) is 11.6 Å². The van der Waals surface area contributed by atoms with Crippen LogP contribution in [-0.2, 0) is 16.1 Å². The van der Waals surface area contributed by atoms with Gasteiger partial charge in [0.05, 0.1) is 19.3 Å². The summed E-state index contributed by atoms with van der Waals surface area (Å²) in [5.41, 5.74) is 0.372. The maximum Gasteiger partial charge on any atom is 0.339 e. The molecule has 1 saturated heterocycles. The predicted molar refractivity (Wildman–Crippen MR) is 90.5 cm³/mol. The summed E-state index contributed by atoms with van der Waals surface area (Å²) in [6.07, 6.45) is 0. The van der Waals surface area contributed by atoms with E-state index in [0.717, 1.165) is 9.80 Å². The summed E-state index contributed by atoms with van der Waals surface area (Å²) in [7, 11) is 1.49. The van der Waals surface area contributed by atoms with Gasteiger partial charge in [-0.1, -0.05) is 22.0 Å². The fourth-order valence-corrected chi connectivity index (χ4v) is 2.76. The second-order valence-electron chi connectivity index (χ2n) is 5.25. The van der Waals surface area contributed by atoms with Crippen molar-refractivity contribution in [3.63, 3.8) is 0 Å². The molecule has 0 atom stereocenters. The molecule has 4 amide bonds. The largest absolute Gasteiger partial charge is 0.497 e. The number of urea groups is 1. The first-order chi connectivity index (χ1) is 11.9. The van der Waals surface area contributed by atoms with Gasteiger partial charge in [-0.3, -0.25) is 14.5 Å². The molecule has 1 aliphatic rings. The molecule has 0 aliphatic carbocycles. The van der Waals surface area contributed by atoms with Gasteiger partial charge >= 0.3 is 17.8 Å². The van der Waals surface area contributed by atoms with E-state index in [1.165, 1.54) is 31.4 Å². The van der Waals surface area contributed by atoms with Crippen LogP contribution in [0, 0.1) is 5.82 Å². The normalized spacial score (nSPS) is 14.4. The lowest BCUT2D eigenvalue weighted by Crippen LogP contribution is -2.33. The zero-order chi connectivity index (χ0) is 18.1. The van der Waals surface area contributed by atoms with Gasteiger partial charge in [0, 0.05) is 10.0 Å². The van der Waals surface area contributed by atoms with Gasteiger partial charge in [0.15, 0.2) is 0 Å². The molecule has 2 aromatic rings. The number of imide groups is 2. The number of carbonyl (C=O) groups excluding carboxylic acids is 3. The first kappa shape index (κ1) is 17.1. The first-order valence-electron chi connectivity index (χ1n) is 7.20. The SMILES string of the molecule is COc1ccc(N2C(=O)C(=O)N(Cc3ccc(Br)cc3F)C2=O)cc1. The van der Waals surface area contributed by atoms with Crippen molar-refractivity contribution in [2.24, 2.45) is 0 Å². The van der Waals surface area contributed by atoms with Gasteiger partial charge in [-0.2, -0.15) is 0 Å². The van der Waals surface area contributed by atoms with Crippen molar-refractivity contribution in [2.75, 3.05) is 12.0 Å². The summed E-state index contributed by atoms with van der Waals surface area (Å²) >= 11 is 3.13. The van der Waals surface area contributed by atoms with Crippen LogP contribution in [0.3, 0.4) is 0 Å². The van der Waals surface area contributed by atoms with Crippen LogP contribution in [0.1, 0.15) is 5.56 Å². The molecular weight excluding hydrogens is 395 g/mol. The molecule has 2 aromatic carbocycles. The molecular formula is C17H12BrFN2O4. The number of nitrogens with zero attached hydrogens (tertiary/aromatic N) is 2. The van der Waals surface area contributed by atoms with Crippen LogP contribution in [0.5, 0.6) is 5.75 Å². The zero-order valence-corrected chi connectivity index (χ0v) is 14.6. The molecule has 0 radical (unpaired) electrons. The predicted octanol–water partition coefficient (Wildman–Crippen LogP) is 3.09. The number of carbonyl (C=O) groups is 3. The highest BCUT2D eigenvalue weighted by Gasteiger charge is 2.45. The molecule has 0 aromatic heterocycles. The molecule has 6 nitrogen and oxygen atoms in total. The average Bonchev–Trinajstić information content (AvgIpc) is 2.81. The third-order valence-electron chi connectivity index (χ3n) is 3.73. The summed E-state index contributed by atoms with van der Waals surface area (Å²) in [5.74, 6) is -2.01. The average molecular weight is 407 g/mol. The van der Waals surface area contributed by atoms with Gasteiger partial charge in [-0.05, 0) is 36.4 Å². The number of ether oxygens (including phenoxy) is 1. The number of rotatable bonds is 4. The van der Waals surface area contributed by atoms with Crippen molar-refractivity contribution in [3.8, 4) is 5.75 Å². The van der Waals surface area contributed by atoms with E-state index in [0.29, 0.717) is 10.2 Å². The van der Waals surface area contributed by atoms with Crippen molar-refractivity contribution in [1.82, 2.24) is 4.90 Å². The molecule has 128 valence electrons. The lowest BCUT2D eigenvalue weighted by Gasteiger charge is -2.16. The van der Waals surface area contributed by atoms with Crippen LogP contribution in [-0.4, -0.2) is 29.9 Å². The van der Waals surface area contributed by atoms with Crippen LogP contribution in [0.2, 0.25) is 0 Å². The summed E-state index contributed by atoms with van der Waals surface area (Å²) < 4.78 is 19.5. The highest BCUT2D eigenvalue weighted by Crippen LogP contribution is 2.26. The van der Waals surface area contributed by atoms with E-state index in [9.17, 15) is 18.8 Å². The van der Waals surface area contributed by atoms with E-state index in [4.69, 9.17) is 4.74 Å². The minimum absolute atomic E-state index is 0.134. The Balaban J connectivity index is 1.88. The Morgan fingerprint density at radius 1 is 1.04 bits per heavy atom. The number of hydrogen-bond acceptors (Lipinski definition) is 4. The van der Waals surface area contributed by atoms with Crippen molar-refractivity contribution >= 4 is 39.5 Å². The molecule has 0 N–H and O–H groups in total. The van der Waals surface area contributed by atoms with Crippen molar-refractivity contribution in [1.29, 1.82) is 0 Å². The Bertz CT molecular complexity index is 869. The van der Waals surface area contributed by atoms with E-state index < -0.39 is 23.7 Å². The van der Waals surface area contributed by atoms with E-state index in [1.807, 2.05) is 0 Å².